The average Bonchev–Trinajstić information content (AvgIpc) is 3.22. The molecule has 0 fully saturated rings. The minimum absolute atomic E-state index is 0.0800. The fourth-order valence-electron chi connectivity index (χ4n) is 7.16. The third-order valence-electron chi connectivity index (χ3n) is 10.9. The van der Waals surface area contributed by atoms with Crippen molar-refractivity contribution in [2.75, 3.05) is 13.2 Å². The Balaban J connectivity index is 4.37. The molecule has 1 unspecified atom stereocenters. The quantitative estimate of drug-likeness (QED) is 0.0264. The molecule has 0 aromatic carbocycles. The molecule has 0 N–H and O–H groups in total. The van der Waals surface area contributed by atoms with Crippen LogP contribution in [0.15, 0.2) is 36.5 Å². The number of ether oxygens (including phenoxy) is 3. The molecule has 0 saturated heterocycles. The van der Waals surface area contributed by atoms with Crippen LogP contribution in [0.2, 0.25) is 0 Å². The smallest absolute Gasteiger partial charge is 0.306 e. The molecular formula is C52H94O6. The van der Waals surface area contributed by atoms with E-state index in [-0.39, 0.29) is 31.1 Å². The number of hydrogen-bond donors (Lipinski definition) is 0. The lowest BCUT2D eigenvalue weighted by atomic mass is 10.0. The second kappa shape index (κ2) is 47.3. The van der Waals surface area contributed by atoms with Crippen molar-refractivity contribution in [2.24, 2.45) is 0 Å². The fourth-order valence-corrected chi connectivity index (χ4v) is 7.16. The SMILES string of the molecule is CC/C=C\C/C=C\C/C=C\CCCCCC(=O)OC(COC(=O)CCCCCCCCCCCCCC)COC(=O)CCCCCCCCCCCCCCCCC. The molecule has 6 heteroatoms. The zero-order chi connectivity index (χ0) is 42.3. The second-order valence-corrected chi connectivity index (χ2v) is 16.7. The normalized spacial score (nSPS) is 12.3. The highest BCUT2D eigenvalue weighted by Gasteiger charge is 2.19. The maximum absolute atomic E-state index is 12.7. The summed E-state index contributed by atoms with van der Waals surface area (Å²) in [6.07, 6.45) is 54.1. The minimum Gasteiger partial charge on any atom is -0.462 e. The molecule has 0 heterocycles. The first-order valence-corrected chi connectivity index (χ1v) is 25.0. The summed E-state index contributed by atoms with van der Waals surface area (Å²) in [5.74, 6) is -0.900. The van der Waals surface area contributed by atoms with E-state index in [9.17, 15) is 14.4 Å². The topological polar surface area (TPSA) is 78.9 Å². The molecule has 0 aliphatic rings. The first-order chi connectivity index (χ1) is 28.5. The third-order valence-corrected chi connectivity index (χ3v) is 10.9. The molecule has 0 aliphatic heterocycles. The van der Waals surface area contributed by atoms with Gasteiger partial charge in [0.25, 0.3) is 0 Å². The maximum Gasteiger partial charge on any atom is 0.306 e. The van der Waals surface area contributed by atoms with Crippen molar-refractivity contribution in [1.82, 2.24) is 0 Å². The van der Waals surface area contributed by atoms with Gasteiger partial charge in [-0.25, -0.2) is 0 Å². The van der Waals surface area contributed by atoms with Crippen LogP contribution in [0.25, 0.3) is 0 Å². The molecule has 58 heavy (non-hydrogen) atoms. The largest absolute Gasteiger partial charge is 0.462 e. The molecule has 0 radical (unpaired) electrons. The van der Waals surface area contributed by atoms with Crippen LogP contribution in [-0.4, -0.2) is 37.2 Å². The Morgan fingerprint density at radius 2 is 0.672 bits per heavy atom. The van der Waals surface area contributed by atoms with Gasteiger partial charge in [-0.2, -0.15) is 0 Å². The van der Waals surface area contributed by atoms with Crippen LogP contribution in [-0.2, 0) is 28.6 Å². The molecule has 0 spiro atoms. The van der Waals surface area contributed by atoms with Crippen molar-refractivity contribution in [2.45, 2.75) is 264 Å². The molecule has 0 bridgehead atoms. The number of allylic oxidation sites excluding steroid dienone is 6. The van der Waals surface area contributed by atoms with Gasteiger partial charge in [-0.15, -0.1) is 0 Å². The van der Waals surface area contributed by atoms with Gasteiger partial charge in [-0.3, -0.25) is 14.4 Å². The van der Waals surface area contributed by atoms with Gasteiger partial charge in [0.2, 0.25) is 0 Å². The highest BCUT2D eigenvalue weighted by molar-refractivity contribution is 5.71. The summed E-state index contributed by atoms with van der Waals surface area (Å²) in [4.78, 5) is 37.9. The van der Waals surface area contributed by atoms with E-state index in [1.165, 1.54) is 135 Å². The summed E-state index contributed by atoms with van der Waals surface area (Å²) in [6, 6.07) is 0. The van der Waals surface area contributed by atoms with Crippen molar-refractivity contribution < 1.29 is 28.6 Å². The van der Waals surface area contributed by atoms with Gasteiger partial charge in [0.15, 0.2) is 6.10 Å². The Labute approximate surface area is 359 Å². The first kappa shape index (κ1) is 55.6. The summed E-state index contributed by atoms with van der Waals surface area (Å²) in [7, 11) is 0. The van der Waals surface area contributed by atoms with Crippen LogP contribution < -0.4 is 0 Å². The molecule has 0 aromatic rings. The zero-order valence-corrected chi connectivity index (χ0v) is 38.6. The fraction of sp³-hybridized carbons (Fsp3) is 0.827. The predicted octanol–water partition coefficient (Wildman–Crippen LogP) is 16.1. The van der Waals surface area contributed by atoms with E-state index in [0.29, 0.717) is 19.3 Å². The average molecular weight is 815 g/mol. The van der Waals surface area contributed by atoms with Crippen LogP contribution in [0.1, 0.15) is 258 Å². The van der Waals surface area contributed by atoms with Crippen molar-refractivity contribution in [1.29, 1.82) is 0 Å². The Bertz CT molecular complexity index is 984. The highest BCUT2D eigenvalue weighted by atomic mass is 16.6. The number of rotatable bonds is 45. The molecule has 0 aliphatic carbocycles. The van der Waals surface area contributed by atoms with E-state index in [0.717, 1.165) is 83.5 Å². The van der Waals surface area contributed by atoms with Crippen LogP contribution in [0.3, 0.4) is 0 Å². The number of carbonyl (C=O) groups is 3. The first-order valence-electron chi connectivity index (χ1n) is 25.0. The van der Waals surface area contributed by atoms with Gasteiger partial charge in [-0.05, 0) is 51.4 Å². The van der Waals surface area contributed by atoms with E-state index in [2.05, 4.69) is 57.2 Å². The lowest BCUT2D eigenvalue weighted by molar-refractivity contribution is -0.167. The Kier molecular flexibility index (Phi) is 45.4. The molecule has 0 saturated carbocycles. The van der Waals surface area contributed by atoms with E-state index >= 15 is 0 Å². The van der Waals surface area contributed by atoms with E-state index in [1.54, 1.807) is 0 Å². The van der Waals surface area contributed by atoms with Gasteiger partial charge in [-0.1, -0.05) is 224 Å². The minimum atomic E-state index is -0.781. The van der Waals surface area contributed by atoms with Crippen LogP contribution in [0, 0.1) is 0 Å². The number of esters is 3. The van der Waals surface area contributed by atoms with Gasteiger partial charge in [0.1, 0.15) is 13.2 Å². The molecule has 0 amide bonds. The van der Waals surface area contributed by atoms with Gasteiger partial charge < -0.3 is 14.2 Å². The van der Waals surface area contributed by atoms with Crippen LogP contribution in [0.5, 0.6) is 0 Å². The third kappa shape index (κ3) is 44.7. The highest BCUT2D eigenvalue weighted by Crippen LogP contribution is 2.16. The standard InChI is InChI=1S/C52H94O6/c1-4-7-10-13-16-19-22-25-26-28-30-33-36-39-42-45-51(54)57-48-49(47-56-50(53)44-41-38-35-32-29-24-21-18-15-12-9-6-3)58-52(55)46-43-40-37-34-31-27-23-20-17-14-11-8-5-2/h8,11,17,20,27,31,49H,4-7,9-10,12-16,18-19,21-26,28-30,32-48H2,1-3H3/b11-8-,20-17-,31-27-. The van der Waals surface area contributed by atoms with E-state index < -0.39 is 6.10 Å². The number of unbranched alkanes of at least 4 members (excludes halogenated alkanes) is 28. The maximum atomic E-state index is 12.7. The summed E-state index contributed by atoms with van der Waals surface area (Å²) in [6.45, 7) is 6.51. The lowest BCUT2D eigenvalue weighted by Gasteiger charge is -2.18. The van der Waals surface area contributed by atoms with Gasteiger partial charge in [0, 0.05) is 19.3 Å². The lowest BCUT2D eigenvalue weighted by Crippen LogP contribution is -2.30. The van der Waals surface area contributed by atoms with Crippen LogP contribution >= 0.6 is 0 Å². The monoisotopic (exact) mass is 815 g/mol. The van der Waals surface area contributed by atoms with Crippen LogP contribution in [0.4, 0.5) is 0 Å². The van der Waals surface area contributed by atoms with Gasteiger partial charge in [0.05, 0.1) is 0 Å². The van der Waals surface area contributed by atoms with E-state index in [1.807, 2.05) is 0 Å². The molecule has 338 valence electrons. The van der Waals surface area contributed by atoms with Crippen molar-refractivity contribution in [3.63, 3.8) is 0 Å². The van der Waals surface area contributed by atoms with Crippen molar-refractivity contribution in [3.8, 4) is 0 Å². The summed E-state index contributed by atoms with van der Waals surface area (Å²) in [5, 5.41) is 0. The van der Waals surface area contributed by atoms with Crippen molar-refractivity contribution >= 4 is 17.9 Å². The number of carbonyl (C=O) groups excluding carboxylic acids is 3. The summed E-state index contributed by atoms with van der Waals surface area (Å²) < 4.78 is 16.7. The Morgan fingerprint density at radius 1 is 0.362 bits per heavy atom. The van der Waals surface area contributed by atoms with E-state index in [4.69, 9.17) is 14.2 Å². The molecular weight excluding hydrogens is 721 g/mol. The Hall–Kier alpha value is -2.37. The molecule has 0 aromatic heterocycles. The number of hydrogen-bond acceptors (Lipinski definition) is 6. The summed E-state index contributed by atoms with van der Waals surface area (Å²) in [5.41, 5.74) is 0. The summed E-state index contributed by atoms with van der Waals surface area (Å²) >= 11 is 0. The van der Waals surface area contributed by atoms with Gasteiger partial charge >= 0.3 is 17.9 Å². The molecule has 1 atom stereocenters. The zero-order valence-electron chi connectivity index (χ0n) is 38.6. The Morgan fingerprint density at radius 3 is 1.05 bits per heavy atom. The van der Waals surface area contributed by atoms with Crippen molar-refractivity contribution in [3.05, 3.63) is 36.5 Å². The predicted molar refractivity (Wildman–Crippen MR) is 247 cm³/mol. The molecule has 6 nitrogen and oxygen atoms in total. The molecule has 0 rings (SSSR count). The second-order valence-electron chi connectivity index (χ2n) is 16.7.